The first-order valence-electron chi connectivity index (χ1n) is 3.17. The molecule has 0 aromatic heterocycles. The van der Waals surface area contributed by atoms with Crippen molar-refractivity contribution in [2.24, 2.45) is 5.10 Å². The van der Waals surface area contributed by atoms with E-state index in [9.17, 15) is 0 Å². The van der Waals surface area contributed by atoms with E-state index in [0.29, 0.717) is 0 Å². The molecule has 1 rings (SSSR count). The van der Waals surface area contributed by atoms with Gasteiger partial charge >= 0.3 is 0 Å². The predicted molar refractivity (Wildman–Crippen MR) is 41.7 cm³/mol. The van der Waals surface area contributed by atoms with Crippen LogP contribution in [0.5, 0.6) is 0 Å². The summed E-state index contributed by atoms with van der Waals surface area (Å²) in [7, 11) is -1.20. The fourth-order valence-corrected chi connectivity index (χ4v) is 1.69. The van der Waals surface area contributed by atoms with Crippen LogP contribution in [0.1, 0.15) is 0 Å². The van der Waals surface area contributed by atoms with Crippen molar-refractivity contribution in [1.82, 2.24) is 10.2 Å². The number of nitrogens with zero attached hydrogens (tertiary/aromatic N) is 2. The highest BCUT2D eigenvalue weighted by atomic mass is 28.3. The van der Waals surface area contributed by atoms with E-state index in [1.54, 1.807) is 0 Å². The summed E-state index contributed by atoms with van der Waals surface area (Å²) >= 11 is 0. The van der Waals surface area contributed by atoms with Gasteiger partial charge in [-0.15, -0.1) is 0 Å². The lowest BCUT2D eigenvalue weighted by atomic mass is 10.8. The van der Waals surface area contributed by atoms with Crippen LogP contribution in [-0.4, -0.2) is 25.8 Å². The van der Waals surface area contributed by atoms with Crippen LogP contribution < -0.4 is 5.43 Å². The zero-order valence-corrected chi connectivity index (χ0v) is 7.18. The topological polar surface area (TPSA) is 27.6 Å². The molecule has 0 aromatic carbocycles. The molecule has 1 N–H and O–H groups in total. The molecule has 0 spiro atoms. The van der Waals surface area contributed by atoms with Crippen molar-refractivity contribution in [2.45, 2.75) is 19.6 Å². The molecule has 0 radical (unpaired) electrons. The monoisotopic (exact) mass is 143 g/mol. The molecule has 0 fully saturated rings. The Balaban J connectivity index is 2.53. The van der Waals surface area contributed by atoms with Crippen LogP contribution in [0, 0.1) is 0 Å². The van der Waals surface area contributed by atoms with Gasteiger partial charge < -0.3 is 0 Å². The highest BCUT2D eigenvalue weighted by Gasteiger charge is 2.23. The number of hydrazone groups is 1. The standard InChI is InChI=1S/C5H13N3Si/c1-9(2,3)8-6-4-5-7-8/h4,7H,5H2,1-3H3. The summed E-state index contributed by atoms with van der Waals surface area (Å²) in [5.74, 6) is 0. The summed E-state index contributed by atoms with van der Waals surface area (Å²) in [6.07, 6.45) is 1.90. The molecule has 3 nitrogen and oxygen atoms in total. The van der Waals surface area contributed by atoms with Crippen molar-refractivity contribution >= 4 is 14.5 Å². The van der Waals surface area contributed by atoms with Crippen LogP contribution in [0.2, 0.25) is 19.6 Å². The molecule has 0 unspecified atom stereocenters. The maximum atomic E-state index is 4.17. The van der Waals surface area contributed by atoms with Crippen molar-refractivity contribution < 1.29 is 0 Å². The van der Waals surface area contributed by atoms with Gasteiger partial charge in [0.15, 0.2) is 8.24 Å². The number of hydrogen-bond donors (Lipinski definition) is 1. The Bertz CT molecular complexity index is 127. The zero-order chi connectivity index (χ0) is 6.91. The largest absolute Gasteiger partial charge is 0.264 e. The molecule has 52 valence electrons. The molecule has 0 aromatic rings. The molecule has 0 saturated carbocycles. The van der Waals surface area contributed by atoms with Gasteiger partial charge in [0.25, 0.3) is 0 Å². The quantitative estimate of drug-likeness (QED) is 0.545. The third-order valence-corrected chi connectivity index (χ3v) is 2.71. The summed E-state index contributed by atoms with van der Waals surface area (Å²) in [6, 6.07) is 0. The summed E-state index contributed by atoms with van der Waals surface area (Å²) in [4.78, 5) is 2.01. The minimum Gasteiger partial charge on any atom is -0.264 e. The summed E-state index contributed by atoms with van der Waals surface area (Å²) in [6.45, 7) is 7.65. The highest BCUT2D eigenvalue weighted by molar-refractivity contribution is 6.73. The van der Waals surface area contributed by atoms with E-state index in [1.807, 2.05) is 11.0 Å². The first kappa shape index (κ1) is 6.76. The molecule has 0 bridgehead atoms. The predicted octanol–water partition coefficient (Wildman–Crippen LogP) is 0.627. The first-order valence-corrected chi connectivity index (χ1v) is 6.61. The smallest absolute Gasteiger partial charge is 0.192 e. The summed E-state index contributed by atoms with van der Waals surface area (Å²) in [5, 5.41) is 4.17. The van der Waals surface area contributed by atoms with E-state index < -0.39 is 8.24 Å². The number of hydrazine groups is 1. The van der Waals surface area contributed by atoms with Crippen LogP contribution >= 0.6 is 0 Å². The van der Waals surface area contributed by atoms with Crippen LogP contribution in [0.25, 0.3) is 0 Å². The first-order chi connectivity index (χ1) is 4.11. The molecule has 0 saturated heterocycles. The van der Waals surface area contributed by atoms with Gasteiger partial charge in [0.1, 0.15) is 0 Å². The maximum Gasteiger partial charge on any atom is 0.192 e. The lowest BCUT2D eigenvalue weighted by Crippen LogP contribution is -2.47. The number of hydrogen-bond acceptors (Lipinski definition) is 3. The Morgan fingerprint density at radius 3 is 2.44 bits per heavy atom. The second-order valence-corrected chi connectivity index (χ2v) is 7.91. The van der Waals surface area contributed by atoms with Gasteiger partial charge in [-0.1, -0.05) is 0 Å². The number of nitrogens with one attached hydrogen (secondary N) is 1. The molecule has 0 aliphatic carbocycles. The van der Waals surface area contributed by atoms with Crippen LogP contribution in [0.15, 0.2) is 5.10 Å². The van der Waals surface area contributed by atoms with Crippen molar-refractivity contribution in [3.8, 4) is 0 Å². The van der Waals surface area contributed by atoms with Crippen molar-refractivity contribution in [3.05, 3.63) is 0 Å². The minimum atomic E-state index is -1.20. The van der Waals surface area contributed by atoms with E-state index in [-0.39, 0.29) is 0 Å². The Kier molecular flexibility index (Phi) is 1.59. The fraction of sp³-hybridized carbons (Fsp3) is 0.800. The van der Waals surface area contributed by atoms with Crippen molar-refractivity contribution in [1.29, 1.82) is 0 Å². The van der Waals surface area contributed by atoms with Gasteiger partial charge in [-0.25, -0.2) is 5.43 Å². The van der Waals surface area contributed by atoms with Gasteiger partial charge in [0, 0.05) is 6.21 Å². The van der Waals surface area contributed by atoms with Gasteiger partial charge in [-0.05, 0) is 19.6 Å². The van der Waals surface area contributed by atoms with Gasteiger partial charge in [-0.3, -0.25) is 4.78 Å². The second-order valence-electron chi connectivity index (χ2n) is 3.14. The van der Waals surface area contributed by atoms with Gasteiger partial charge in [0.2, 0.25) is 0 Å². The molecular formula is C5H13N3Si. The average Bonchev–Trinajstić information content (AvgIpc) is 2.08. The Labute approximate surface area is 56.8 Å². The zero-order valence-electron chi connectivity index (χ0n) is 6.18. The van der Waals surface area contributed by atoms with E-state index in [1.165, 1.54) is 0 Å². The van der Waals surface area contributed by atoms with E-state index in [2.05, 4.69) is 30.2 Å². The van der Waals surface area contributed by atoms with Crippen LogP contribution in [0.3, 0.4) is 0 Å². The van der Waals surface area contributed by atoms with Crippen molar-refractivity contribution in [3.63, 3.8) is 0 Å². The molecule has 4 heteroatoms. The SMILES string of the molecule is C[Si](C)(C)N1N=CCN1. The summed E-state index contributed by atoms with van der Waals surface area (Å²) < 4.78 is 0. The van der Waals surface area contributed by atoms with Gasteiger partial charge in [-0.2, -0.15) is 5.10 Å². The molecule has 9 heavy (non-hydrogen) atoms. The van der Waals surface area contributed by atoms with E-state index in [0.717, 1.165) is 6.54 Å². The molecular weight excluding hydrogens is 130 g/mol. The van der Waals surface area contributed by atoms with Crippen LogP contribution in [0.4, 0.5) is 0 Å². The van der Waals surface area contributed by atoms with Crippen LogP contribution in [-0.2, 0) is 0 Å². The average molecular weight is 143 g/mol. The number of rotatable bonds is 1. The fourth-order valence-electron chi connectivity index (χ4n) is 0.701. The van der Waals surface area contributed by atoms with E-state index in [4.69, 9.17) is 0 Å². The molecule has 0 amide bonds. The van der Waals surface area contributed by atoms with Gasteiger partial charge in [0.05, 0.1) is 6.54 Å². The Hall–Kier alpha value is -0.353. The van der Waals surface area contributed by atoms with E-state index >= 15 is 0 Å². The summed E-state index contributed by atoms with van der Waals surface area (Å²) in [5.41, 5.74) is 3.17. The van der Waals surface area contributed by atoms with Crippen molar-refractivity contribution in [2.75, 3.05) is 6.54 Å². The molecule has 0 atom stereocenters. The molecule has 1 aliphatic rings. The lowest BCUT2D eigenvalue weighted by Gasteiger charge is -2.27. The normalized spacial score (nSPS) is 19.2. The lowest BCUT2D eigenvalue weighted by molar-refractivity contribution is 0.379. The molecule has 1 aliphatic heterocycles. The second kappa shape index (κ2) is 2.11. The Morgan fingerprint density at radius 2 is 2.22 bits per heavy atom. The third kappa shape index (κ3) is 1.52. The maximum absolute atomic E-state index is 4.17. The third-order valence-electron chi connectivity index (χ3n) is 1.16. The minimum absolute atomic E-state index is 0.893. The molecule has 1 heterocycles. The Morgan fingerprint density at radius 1 is 1.56 bits per heavy atom. The highest BCUT2D eigenvalue weighted by Crippen LogP contribution is 2.07.